The molecular weight excluding hydrogens is 438 g/mol. The first-order valence-electron chi connectivity index (χ1n) is 9.52. The number of hydrogen-bond acceptors (Lipinski definition) is 5. The number of nitrogens with one attached hydrogen (secondary N) is 1. The van der Waals surface area contributed by atoms with Crippen LogP contribution in [0, 0.1) is 0 Å². The number of amides is 2. The van der Waals surface area contributed by atoms with E-state index in [1.807, 2.05) is 0 Å². The van der Waals surface area contributed by atoms with Gasteiger partial charge in [0.25, 0.3) is 11.8 Å². The van der Waals surface area contributed by atoms with Crippen molar-refractivity contribution in [3.8, 4) is 0 Å². The Bertz CT molecular complexity index is 863. The minimum atomic E-state index is -0.347. The van der Waals surface area contributed by atoms with Crippen LogP contribution in [0.25, 0.3) is 0 Å². The van der Waals surface area contributed by atoms with E-state index in [-0.39, 0.29) is 23.2 Å². The first-order valence-corrected chi connectivity index (χ1v) is 10.3. The predicted octanol–water partition coefficient (Wildman–Crippen LogP) is 3.48. The van der Waals surface area contributed by atoms with Gasteiger partial charge in [-0.05, 0) is 66.2 Å². The fourth-order valence-electron chi connectivity index (χ4n) is 3.24. The highest BCUT2D eigenvalue weighted by Gasteiger charge is 2.27. The Labute approximate surface area is 179 Å². The third-order valence-corrected chi connectivity index (χ3v) is 5.22. The van der Waals surface area contributed by atoms with Crippen LogP contribution in [0.15, 0.2) is 45.5 Å². The van der Waals surface area contributed by atoms with E-state index >= 15 is 0 Å². The quantitative estimate of drug-likeness (QED) is 0.709. The molecule has 0 unspecified atom stereocenters. The standard InChI is InChI=1S/C21H26BrN3O4/c1-21(2)14-25(12-13-28-21)11-10-24(3)20(27)15-4-6-16(7-5-15)23-19(26)17-8-9-18(22)29-17/h4-9H,10-14H2,1-3H3,(H,23,26). The zero-order chi connectivity index (χ0) is 21.0. The van der Waals surface area contributed by atoms with Crippen LogP contribution >= 0.6 is 15.9 Å². The van der Waals surface area contributed by atoms with Gasteiger partial charge in [-0.25, -0.2) is 0 Å². The predicted molar refractivity (Wildman–Crippen MR) is 114 cm³/mol. The highest BCUT2D eigenvalue weighted by Crippen LogP contribution is 2.18. The van der Waals surface area contributed by atoms with Gasteiger partial charge in [-0.1, -0.05) is 0 Å². The van der Waals surface area contributed by atoms with Crippen molar-refractivity contribution in [2.75, 3.05) is 45.2 Å². The van der Waals surface area contributed by atoms with Crippen LogP contribution in [-0.2, 0) is 4.74 Å². The van der Waals surface area contributed by atoms with Crippen LogP contribution in [0.1, 0.15) is 34.8 Å². The molecule has 7 nitrogen and oxygen atoms in total. The van der Waals surface area contributed by atoms with Crippen molar-refractivity contribution in [2.24, 2.45) is 0 Å². The maximum absolute atomic E-state index is 12.7. The summed E-state index contributed by atoms with van der Waals surface area (Å²) in [6.07, 6.45) is 0. The van der Waals surface area contributed by atoms with Crippen molar-refractivity contribution in [1.82, 2.24) is 9.80 Å². The molecule has 0 atom stereocenters. The lowest BCUT2D eigenvalue weighted by Crippen LogP contribution is -2.50. The van der Waals surface area contributed by atoms with E-state index in [2.05, 4.69) is 40.0 Å². The van der Waals surface area contributed by atoms with Crippen LogP contribution in [0.2, 0.25) is 0 Å². The molecule has 0 spiro atoms. The lowest BCUT2D eigenvalue weighted by molar-refractivity contribution is -0.0864. The van der Waals surface area contributed by atoms with E-state index < -0.39 is 0 Å². The Kier molecular flexibility index (Phi) is 6.77. The minimum Gasteiger partial charge on any atom is -0.444 e. The van der Waals surface area contributed by atoms with E-state index in [4.69, 9.17) is 9.15 Å². The topological polar surface area (TPSA) is 75.0 Å². The molecule has 1 aromatic carbocycles. The van der Waals surface area contributed by atoms with Crippen molar-refractivity contribution in [1.29, 1.82) is 0 Å². The molecule has 156 valence electrons. The Morgan fingerprint density at radius 1 is 1.21 bits per heavy atom. The number of anilines is 1. The second-order valence-electron chi connectivity index (χ2n) is 7.75. The number of likely N-dealkylation sites (N-methyl/N-ethyl adjacent to an activating group) is 1. The molecule has 1 N–H and O–H groups in total. The van der Waals surface area contributed by atoms with Gasteiger partial charge in [-0.15, -0.1) is 0 Å². The summed E-state index contributed by atoms with van der Waals surface area (Å²) in [5.74, 6) is -0.186. The molecule has 1 aromatic heterocycles. The van der Waals surface area contributed by atoms with Gasteiger partial charge in [0.15, 0.2) is 10.4 Å². The number of carbonyl (C=O) groups excluding carboxylic acids is 2. The molecule has 3 rings (SSSR count). The highest BCUT2D eigenvalue weighted by molar-refractivity contribution is 9.10. The van der Waals surface area contributed by atoms with Gasteiger partial charge in [-0.3, -0.25) is 14.5 Å². The molecule has 1 saturated heterocycles. The number of furan rings is 1. The molecule has 0 aliphatic carbocycles. The fourth-order valence-corrected chi connectivity index (χ4v) is 3.55. The maximum atomic E-state index is 12.7. The summed E-state index contributed by atoms with van der Waals surface area (Å²) in [6.45, 7) is 8.06. The largest absolute Gasteiger partial charge is 0.444 e. The number of ether oxygens (including phenoxy) is 1. The van der Waals surface area contributed by atoms with Gasteiger partial charge in [-0.2, -0.15) is 0 Å². The van der Waals surface area contributed by atoms with E-state index in [1.165, 1.54) is 0 Å². The first kappa shape index (κ1) is 21.5. The normalized spacial score (nSPS) is 16.4. The van der Waals surface area contributed by atoms with Crippen LogP contribution in [-0.4, -0.2) is 67.0 Å². The number of nitrogens with zero attached hydrogens (tertiary/aromatic N) is 2. The molecule has 1 aliphatic rings. The molecule has 0 saturated carbocycles. The Morgan fingerprint density at radius 2 is 1.93 bits per heavy atom. The average Bonchev–Trinajstić information content (AvgIpc) is 3.12. The van der Waals surface area contributed by atoms with Gasteiger partial charge in [0.05, 0.1) is 12.2 Å². The number of rotatable bonds is 6. The Balaban J connectivity index is 1.52. The molecule has 0 radical (unpaired) electrons. The molecule has 1 fully saturated rings. The van der Waals surface area contributed by atoms with Crippen LogP contribution in [0.4, 0.5) is 5.69 Å². The second kappa shape index (κ2) is 9.11. The first-order chi connectivity index (χ1) is 13.7. The summed E-state index contributed by atoms with van der Waals surface area (Å²) in [4.78, 5) is 28.8. The molecule has 29 heavy (non-hydrogen) atoms. The highest BCUT2D eigenvalue weighted by atomic mass is 79.9. The number of benzene rings is 1. The van der Waals surface area contributed by atoms with E-state index in [0.717, 1.165) is 19.6 Å². The SMILES string of the molecule is CN(CCN1CCOC(C)(C)C1)C(=O)c1ccc(NC(=O)c2ccc(Br)o2)cc1. The number of halogens is 1. The molecule has 0 bridgehead atoms. The third kappa shape index (κ3) is 5.91. The van der Waals surface area contributed by atoms with Crippen LogP contribution < -0.4 is 5.32 Å². The van der Waals surface area contributed by atoms with Crippen LogP contribution in [0.3, 0.4) is 0 Å². The molecule has 1 aliphatic heterocycles. The summed E-state index contributed by atoms with van der Waals surface area (Å²) in [5, 5.41) is 2.75. The van der Waals surface area contributed by atoms with Crippen molar-refractivity contribution in [3.63, 3.8) is 0 Å². The zero-order valence-electron chi connectivity index (χ0n) is 16.9. The van der Waals surface area contributed by atoms with Gasteiger partial charge in [0.2, 0.25) is 0 Å². The lowest BCUT2D eigenvalue weighted by Gasteiger charge is -2.38. The third-order valence-electron chi connectivity index (χ3n) is 4.79. The fraction of sp³-hybridized carbons (Fsp3) is 0.429. The van der Waals surface area contributed by atoms with Gasteiger partial charge in [0, 0.05) is 44.5 Å². The van der Waals surface area contributed by atoms with Crippen molar-refractivity contribution in [2.45, 2.75) is 19.4 Å². The molecular formula is C21H26BrN3O4. The van der Waals surface area contributed by atoms with Crippen molar-refractivity contribution in [3.05, 3.63) is 52.4 Å². The smallest absolute Gasteiger partial charge is 0.291 e. The molecule has 8 heteroatoms. The van der Waals surface area contributed by atoms with E-state index in [9.17, 15) is 9.59 Å². The van der Waals surface area contributed by atoms with E-state index in [1.54, 1.807) is 48.3 Å². The summed E-state index contributed by atoms with van der Waals surface area (Å²) in [7, 11) is 1.80. The summed E-state index contributed by atoms with van der Waals surface area (Å²) in [5.41, 5.74) is 1.03. The maximum Gasteiger partial charge on any atom is 0.291 e. The van der Waals surface area contributed by atoms with E-state index in [0.29, 0.717) is 29.1 Å². The zero-order valence-corrected chi connectivity index (χ0v) is 18.5. The summed E-state index contributed by atoms with van der Waals surface area (Å²) >= 11 is 3.17. The van der Waals surface area contributed by atoms with Crippen molar-refractivity contribution >= 4 is 33.4 Å². The van der Waals surface area contributed by atoms with Crippen molar-refractivity contribution < 1.29 is 18.7 Å². The summed E-state index contributed by atoms with van der Waals surface area (Å²) < 4.78 is 11.5. The van der Waals surface area contributed by atoms with Crippen LogP contribution in [0.5, 0.6) is 0 Å². The monoisotopic (exact) mass is 463 g/mol. The Hall–Kier alpha value is -2.16. The average molecular weight is 464 g/mol. The minimum absolute atomic E-state index is 0.0506. The van der Waals surface area contributed by atoms with Gasteiger partial charge < -0.3 is 19.4 Å². The number of hydrogen-bond donors (Lipinski definition) is 1. The van der Waals surface area contributed by atoms with Gasteiger partial charge in [0.1, 0.15) is 0 Å². The van der Waals surface area contributed by atoms with Gasteiger partial charge >= 0.3 is 0 Å². The number of morpholine rings is 1. The lowest BCUT2D eigenvalue weighted by atomic mass is 10.1. The molecule has 2 heterocycles. The second-order valence-corrected chi connectivity index (χ2v) is 8.53. The number of carbonyl (C=O) groups is 2. The molecule has 2 amide bonds. The summed E-state index contributed by atoms with van der Waals surface area (Å²) in [6, 6.07) is 10.1. The Morgan fingerprint density at radius 3 is 2.55 bits per heavy atom. The molecule has 2 aromatic rings.